The van der Waals surface area contributed by atoms with Crippen LogP contribution in [0.2, 0.25) is 0 Å². The first-order valence-electron chi connectivity index (χ1n) is 6.77. The number of hydrogen-bond donors (Lipinski definition) is 0. The van der Waals surface area contributed by atoms with Gasteiger partial charge in [0.15, 0.2) is 0 Å². The molecule has 2 rings (SSSR count). The third-order valence-electron chi connectivity index (χ3n) is 5.78. The first-order chi connectivity index (χ1) is 7.70. The summed E-state index contributed by atoms with van der Waals surface area (Å²) in [4.78, 5) is 3.20. The Morgan fingerprint density at radius 3 is 2.25 bits per heavy atom. The fraction of sp³-hybridized carbons (Fsp3) is 1.00. The van der Waals surface area contributed by atoms with E-state index in [0.717, 1.165) is 25.2 Å². The lowest BCUT2D eigenvalue weighted by Gasteiger charge is -2.50. The van der Waals surface area contributed by atoms with E-state index in [1.807, 2.05) is 0 Å². The molecule has 3 nitrogen and oxygen atoms in total. The Hall–Kier alpha value is -0.690. The number of nitrogens with zero attached hydrogens (tertiary/aromatic N) is 3. The Balaban J connectivity index is 2.51. The van der Waals surface area contributed by atoms with Gasteiger partial charge in [-0.3, -0.25) is 0 Å². The van der Waals surface area contributed by atoms with E-state index < -0.39 is 0 Å². The molecule has 0 spiro atoms. The van der Waals surface area contributed by atoms with Gasteiger partial charge >= 0.3 is 0 Å². The van der Waals surface area contributed by atoms with Crippen LogP contribution in [0.4, 0.5) is 0 Å². The fourth-order valence-electron chi connectivity index (χ4n) is 5.09. The highest BCUT2D eigenvalue weighted by atomic mass is 15.2. The molecule has 2 aliphatic rings. The molecule has 90 valence electrons. The van der Waals surface area contributed by atoms with E-state index in [2.05, 4.69) is 30.8 Å². The van der Waals surface area contributed by atoms with Crippen molar-refractivity contribution in [1.29, 1.82) is 0 Å². The SMILES string of the molecule is CCC1(CC)C2CCC(C2)C1(CC)N=[N+]=[N-]. The van der Waals surface area contributed by atoms with E-state index in [4.69, 9.17) is 5.53 Å². The van der Waals surface area contributed by atoms with Crippen LogP contribution in [0.5, 0.6) is 0 Å². The normalized spacial score (nSPS) is 39.7. The predicted molar refractivity (Wildman–Crippen MR) is 66.0 cm³/mol. The zero-order valence-electron chi connectivity index (χ0n) is 10.7. The second kappa shape index (κ2) is 3.96. The summed E-state index contributed by atoms with van der Waals surface area (Å²) < 4.78 is 0. The molecule has 0 aromatic heterocycles. The van der Waals surface area contributed by atoms with Crippen molar-refractivity contribution < 1.29 is 0 Å². The quantitative estimate of drug-likeness (QED) is 0.376. The van der Waals surface area contributed by atoms with E-state index >= 15 is 0 Å². The molecule has 0 heterocycles. The summed E-state index contributed by atoms with van der Waals surface area (Å²) in [5.74, 6) is 1.45. The topological polar surface area (TPSA) is 48.8 Å². The van der Waals surface area contributed by atoms with Crippen LogP contribution in [0.3, 0.4) is 0 Å². The van der Waals surface area contributed by atoms with Gasteiger partial charge in [0.05, 0.1) is 5.54 Å². The van der Waals surface area contributed by atoms with Crippen molar-refractivity contribution in [1.82, 2.24) is 0 Å². The zero-order chi connectivity index (χ0) is 11.8. The molecule has 3 unspecified atom stereocenters. The highest BCUT2D eigenvalue weighted by molar-refractivity contribution is 5.18. The first kappa shape index (κ1) is 11.8. The van der Waals surface area contributed by atoms with E-state index in [0.29, 0.717) is 5.92 Å². The van der Waals surface area contributed by atoms with Crippen LogP contribution < -0.4 is 0 Å². The van der Waals surface area contributed by atoms with Crippen molar-refractivity contribution in [2.24, 2.45) is 22.4 Å². The van der Waals surface area contributed by atoms with Crippen molar-refractivity contribution in [3.05, 3.63) is 10.4 Å². The molecule has 2 fully saturated rings. The van der Waals surface area contributed by atoms with Gasteiger partial charge in [0.25, 0.3) is 0 Å². The van der Waals surface area contributed by atoms with E-state index in [1.54, 1.807) is 0 Å². The van der Waals surface area contributed by atoms with Gasteiger partial charge in [0.2, 0.25) is 0 Å². The van der Waals surface area contributed by atoms with Crippen molar-refractivity contribution in [2.75, 3.05) is 0 Å². The molecule has 0 saturated heterocycles. The average molecular weight is 221 g/mol. The van der Waals surface area contributed by atoms with Gasteiger partial charge in [-0.25, -0.2) is 0 Å². The molecule has 0 aromatic rings. The lowest BCUT2D eigenvalue weighted by Crippen LogP contribution is -2.50. The van der Waals surface area contributed by atoms with Crippen LogP contribution in [-0.4, -0.2) is 5.54 Å². The third kappa shape index (κ3) is 1.13. The Labute approximate surface area is 98.2 Å². The molecule has 3 heteroatoms. The van der Waals surface area contributed by atoms with E-state index in [9.17, 15) is 0 Å². The number of rotatable bonds is 4. The third-order valence-corrected chi connectivity index (χ3v) is 5.78. The number of hydrogen-bond acceptors (Lipinski definition) is 1. The maximum atomic E-state index is 8.93. The minimum Gasteiger partial charge on any atom is -0.0864 e. The second-order valence-electron chi connectivity index (χ2n) is 5.54. The fourth-order valence-corrected chi connectivity index (χ4v) is 5.09. The molecule has 0 aliphatic heterocycles. The maximum Gasteiger partial charge on any atom is 0.0572 e. The summed E-state index contributed by atoms with van der Waals surface area (Å²) in [7, 11) is 0. The lowest BCUT2D eigenvalue weighted by molar-refractivity contribution is 0.0357. The molecule has 2 bridgehead atoms. The van der Waals surface area contributed by atoms with E-state index in [-0.39, 0.29) is 11.0 Å². The molecule has 0 N–H and O–H groups in total. The summed E-state index contributed by atoms with van der Waals surface area (Å²) in [6, 6.07) is 0. The van der Waals surface area contributed by atoms with Gasteiger partial charge in [-0.1, -0.05) is 25.9 Å². The van der Waals surface area contributed by atoms with Gasteiger partial charge in [0, 0.05) is 4.91 Å². The minimum atomic E-state index is -0.0752. The lowest BCUT2D eigenvalue weighted by atomic mass is 9.57. The zero-order valence-corrected chi connectivity index (χ0v) is 10.7. The molecule has 0 aromatic carbocycles. The largest absolute Gasteiger partial charge is 0.0864 e. The van der Waals surface area contributed by atoms with Crippen LogP contribution in [0.1, 0.15) is 59.3 Å². The summed E-state index contributed by atoms with van der Waals surface area (Å²) in [6.45, 7) is 6.76. The molecule has 2 aliphatic carbocycles. The van der Waals surface area contributed by atoms with Crippen molar-refractivity contribution in [3.8, 4) is 0 Å². The first-order valence-corrected chi connectivity index (χ1v) is 6.77. The van der Waals surface area contributed by atoms with Gasteiger partial charge in [-0.2, -0.15) is 0 Å². The van der Waals surface area contributed by atoms with Crippen LogP contribution in [0, 0.1) is 17.3 Å². The Kier molecular flexibility index (Phi) is 2.91. The van der Waals surface area contributed by atoms with Crippen LogP contribution >= 0.6 is 0 Å². The Bertz CT molecular complexity index is 315. The molecule has 2 saturated carbocycles. The molecule has 3 atom stereocenters. The van der Waals surface area contributed by atoms with Crippen molar-refractivity contribution in [3.63, 3.8) is 0 Å². The van der Waals surface area contributed by atoms with Crippen molar-refractivity contribution in [2.45, 2.75) is 64.8 Å². The summed E-state index contributed by atoms with van der Waals surface area (Å²) in [5, 5.41) is 4.33. The smallest absolute Gasteiger partial charge is 0.0572 e. The van der Waals surface area contributed by atoms with E-state index in [1.165, 1.54) is 19.3 Å². The van der Waals surface area contributed by atoms with Gasteiger partial charge < -0.3 is 0 Å². The standard InChI is InChI=1S/C13H23N3/c1-4-12(5-2)10-7-8-11(9-10)13(12,6-3)15-16-14/h10-11H,4-9H2,1-3H3. The summed E-state index contributed by atoms with van der Waals surface area (Å²) >= 11 is 0. The average Bonchev–Trinajstić information content (AvgIpc) is 2.88. The summed E-state index contributed by atoms with van der Waals surface area (Å²) in [5.41, 5.74) is 9.15. The Morgan fingerprint density at radius 2 is 1.75 bits per heavy atom. The highest BCUT2D eigenvalue weighted by Gasteiger charge is 2.64. The van der Waals surface area contributed by atoms with Gasteiger partial charge in [-0.15, -0.1) is 0 Å². The van der Waals surface area contributed by atoms with Crippen LogP contribution in [0.15, 0.2) is 5.11 Å². The summed E-state index contributed by atoms with van der Waals surface area (Å²) in [6.07, 6.45) is 7.28. The molecule has 0 radical (unpaired) electrons. The predicted octanol–water partition coefficient (Wildman–Crippen LogP) is 4.68. The molecule has 16 heavy (non-hydrogen) atoms. The van der Waals surface area contributed by atoms with Crippen LogP contribution in [0.25, 0.3) is 10.4 Å². The Morgan fingerprint density at radius 1 is 1.12 bits per heavy atom. The minimum absolute atomic E-state index is 0.0752. The number of fused-ring (bicyclic) bond motifs is 2. The van der Waals surface area contributed by atoms with Crippen molar-refractivity contribution >= 4 is 0 Å². The highest BCUT2D eigenvalue weighted by Crippen LogP contribution is 2.67. The van der Waals surface area contributed by atoms with Gasteiger partial charge in [0.1, 0.15) is 0 Å². The monoisotopic (exact) mass is 221 g/mol. The maximum absolute atomic E-state index is 8.93. The molecule has 0 amide bonds. The van der Waals surface area contributed by atoms with Gasteiger partial charge in [-0.05, 0) is 61.3 Å². The second-order valence-corrected chi connectivity index (χ2v) is 5.54. The molecular formula is C13H23N3. The number of azide groups is 1. The van der Waals surface area contributed by atoms with Crippen LogP contribution in [-0.2, 0) is 0 Å². The molecular weight excluding hydrogens is 198 g/mol.